The molecule has 0 atom stereocenters. The third-order valence-corrected chi connectivity index (χ3v) is 5.95. The fourth-order valence-corrected chi connectivity index (χ4v) is 4.18. The molecule has 4 aromatic rings. The molecule has 0 aliphatic carbocycles. The summed E-state index contributed by atoms with van der Waals surface area (Å²) in [7, 11) is 1.45. The molecule has 174 valence electrons. The van der Waals surface area contributed by atoms with Crippen LogP contribution in [0.4, 0.5) is 13.2 Å². The Morgan fingerprint density at radius 1 is 1.21 bits per heavy atom. The fraction of sp³-hybridized carbons (Fsp3) is 0.217. The minimum absolute atomic E-state index is 0.00160. The fourth-order valence-electron chi connectivity index (χ4n) is 4.18. The van der Waals surface area contributed by atoms with Crippen LogP contribution in [0.3, 0.4) is 0 Å². The average molecular weight is 468 g/mol. The van der Waals surface area contributed by atoms with E-state index in [1.165, 1.54) is 19.2 Å². The van der Waals surface area contributed by atoms with Gasteiger partial charge < -0.3 is 10.3 Å². The smallest absolute Gasteiger partial charge is 0.277 e. The van der Waals surface area contributed by atoms with Gasteiger partial charge in [-0.15, -0.1) is 0 Å². The maximum absolute atomic E-state index is 15.2. The number of hydrogen-bond acceptors (Lipinski definition) is 5. The Hall–Kier alpha value is -3.99. The first-order valence-electron chi connectivity index (χ1n) is 10.5. The van der Waals surface area contributed by atoms with Gasteiger partial charge in [0.15, 0.2) is 17.2 Å². The van der Waals surface area contributed by atoms with Crippen molar-refractivity contribution in [2.24, 2.45) is 0 Å². The predicted molar refractivity (Wildman–Crippen MR) is 119 cm³/mol. The van der Waals surface area contributed by atoms with Crippen molar-refractivity contribution in [1.29, 1.82) is 0 Å². The molecular formula is C23H19F3N6O2. The molecular weight excluding hydrogens is 449 g/mol. The SMILES string of the molecule is CNC(=O)c1ccc(C2=CCN(Cc3ccc4c([nH]c(=O)c5c(F)cnn54)c3F)CC2)c(F)n1. The maximum atomic E-state index is 15.2. The summed E-state index contributed by atoms with van der Waals surface area (Å²) in [6, 6.07) is 6.17. The topological polar surface area (TPSA) is 95.4 Å². The summed E-state index contributed by atoms with van der Waals surface area (Å²) in [6.07, 6.45) is 3.27. The van der Waals surface area contributed by atoms with Gasteiger partial charge in [0, 0.05) is 37.8 Å². The quantitative estimate of drug-likeness (QED) is 0.449. The third kappa shape index (κ3) is 3.63. The van der Waals surface area contributed by atoms with E-state index in [1.54, 1.807) is 12.1 Å². The second-order valence-corrected chi connectivity index (χ2v) is 7.97. The summed E-state index contributed by atoms with van der Waals surface area (Å²) >= 11 is 0. The molecule has 1 aromatic carbocycles. The lowest BCUT2D eigenvalue weighted by Gasteiger charge is -2.26. The van der Waals surface area contributed by atoms with E-state index in [0.717, 1.165) is 16.3 Å². The van der Waals surface area contributed by atoms with Gasteiger partial charge in [0.2, 0.25) is 5.95 Å². The first-order chi connectivity index (χ1) is 16.4. The summed E-state index contributed by atoms with van der Waals surface area (Å²) in [5.74, 6) is -2.57. The number of fused-ring (bicyclic) bond motifs is 3. The van der Waals surface area contributed by atoms with E-state index < -0.39 is 29.0 Å². The number of carbonyl (C=O) groups excluding carboxylic acids is 1. The first-order valence-corrected chi connectivity index (χ1v) is 10.5. The number of pyridine rings is 1. The lowest BCUT2D eigenvalue weighted by atomic mass is 10.00. The summed E-state index contributed by atoms with van der Waals surface area (Å²) in [6.45, 7) is 1.25. The number of H-pyrrole nitrogens is 1. The van der Waals surface area contributed by atoms with E-state index in [0.29, 0.717) is 30.6 Å². The zero-order valence-corrected chi connectivity index (χ0v) is 18.0. The first kappa shape index (κ1) is 21.8. The number of aromatic nitrogens is 4. The molecule has 4 heterocycles. The normalized spacial score (nSPS) is 14.5. The minimum atomic E-state index is -0.779. The molecule has 0 spiro atoms. The standard InChI is InChI=1S/C23H19F3N6O2/c1-27-22(33)16-4-3-14(21(26)29-16)12-6-8-31(9-7-12)11-13-2-5-17-19(18(13)25)30-23(34)20-15(24)10-28-32(17)20/h2-6,10H,7-9,11H2,1H3,(H,27,33)(H,30,34). The van der Waals surface area contributed by atoms with Crippen molar-refractivity contribution in [3.8, 4) is 0 Å². The van der Waals surface area contributed by atoms with E-state index in [-0.39, 0.29) is 28.8 Å². The molecule has 1 amide bonds. The van der Waals surface area contributed by atoms with E-state index in [1.807, 2.05) is 11.0 Å². The number of carbonyl (C=O) groups is 1. The van der Waals surface area contributed by atoms with Crippen LogP contribution < -0.4 is 10.9 Å². The second-order valence-electron chi connectivity index (χ2n) is 7.97. The van der Waals surface area contributed by atoms with Crippen LogP contribution in [0, 0.1) is 17.6 Å². The Labute approximate surface area is 190 Å². The molecule has 1 aliphatic heterocycles. The van der Waals surface area contributed by atoms with Gasteiger partial charge in [-0.2, -0.15) is 9.49 Å². The summed E-state index contributed by atoms with van der Waals surface area (Å²) in [5.41, 5.74) is 0.630. The average Bonchev–Trinajstić information content (AvgIpc) is 3.23. The predicted octanol–water partition coefficient (Wildman–Crippen LogP) is 2.64. The zero-order valence-electron chi connectivity index (χ0n) is 18.0. The molecule has 0 fully saturated rings. The van der Waals surface area contributed by atoms with Crippen LogP contribution in [-0.2, 0) is 6.54 Å². The molecule has 2 N–H and O–H groups in total. The highest BCUT2D eigenvalue weighted by Gasteiger charge is 2.21. The molecule has 1 aliphatic rings. The van der Waals surface area contributed by atoms with Crippen molar-refractivity contribution in [2.45, 2.75) is 13.0 Å². The van der Waals surface area contributed by atoms with E-state index in [2.05, 4.69) is 20.4 Å². The molecule has 0 unspecified atom stereocenters. The molecule has 0 radical (unpaired) electrons. The number of aromatic amines is 1. The Kier molecular flexibility index (Phi) is 5.40. The van der Waals surface area contributed by atoms with Gasteiger partial charge in [-0.3, -0.25) is 14.5 Å². The Morgan fingerprint density at radius 3 is 2.74 bits per heavy atom. The van der Waals surface area contributed by atoms with Crippen LogP contribution in [0.25, 0.3) is 22.1 Å². The van der Waals surface area contributed by atoms with E-state index in [9.17, 15) is 18.4 Å². The number of hydrogen-bond donors (Lipinski definition) is 2. The second kappa shape index (κ2) is 8.41. The van der Waals surface area contributed by atoms with Crippen molar-refractivity contribution in [2.75, 3.05) is 20.1 Å². The van der Waals surface area contributed by atoms with Gasteiger partial charge in [-0.25, -0.2) is 18.3 Å². The lowest BCUT2D eigenvalue weighted by Crippen LogP contribution is -2.29. The van der Waals surface area contributed by atoms with Gasteiger partial charge in [0.25, 0.3) is 11.5 Å². The molecule has 3 aromatic heterocycles. The summed E-state index contributed by atoms with van der Waals surface area (Å²) in [4.78, 5) is 32.0. The van der Waals surface area contributed by atoms with Gasteiger partial charge in [0.05, 0.1) is 11.7 Å². The number of amides is 1. The van der Waals surface area contributed by atoms with Crippen LogP contribution >= 0.6 is 0 Å². The van der Waals surface area contributed by atoms with Crippen molar-refractivity contribution in [1.82, 2.24) is 29.8 Å². The lowest BCUT2D eigenvalue weighted by molar-refractivity contribution is 0.0957. The molecule has 0 saturated carbocycles. The molecule has 0 bridgehead atoms. The molecule has 8 nitrogen and oxygen atoms in total. The molecule has 11 heteroatoms. The highest BCUT2D eigenvalue weighted by molar-refractivity contribution is 5.92. The zero-order chi connectivity index (χ0) is 24.0. The highest BCUT2D eigenvalue weighted by Crippen LogP contribution is 2.26. The van der Waals surface area contributed by atoms with Crippen molar-refractivity contribution in [3.05, 3.63) is 81.3 Å². The monoisotopic (exact) mass is 468 g/mol. The number of halogens is 3. The highest BCUT2D eigenvalue weighted by atomic mass is 19.1. The molecule has 0 saturated heterocycles. The minimum Gasteiger partial charge on any atom is -0.354 e. The van der Waals surface area contributed by atoms with Crippen LogP contribution in [-0.4, -0.2) is 50.5 Å². The van der Waals surface area contributed by atoms with Crippen molar-refractivity contribution < 1.29 is 18.0 Å². The maximum Gasteiger partial charge on any atom is 0.277 e. The Morgan fingerprint density at radius 2 is 2.03 bits per heavy atom. The Bertz CT molecular complexity index is 1540. The van der Waals surface area contributed by atoms with Crippen molar-refractivity contribution in [3.63, 3.8) is 0 Å². The third-order valence-electron chi connectivity index (χ3n) is 5.95. The van der Waals surface area contributed by atoms with Crippen LogP contribution in [0.5, 0.6) is 0 Å². The molecule has 34 heavy (non-hydrogen) atoms. The van der Waals surface area contributed by atoms with Crippen molar-refractivity contribution >= 4 is 28.0 Å². The van der Waals surface area contributed by atoms with Gasteiger partial charge in [-0.05, 0) is 30.2 Å². The van der Waals surface area contributed by atoms with E-state index >= 15 is 4.39 Å². The number of rotatable bonds is 4. The Balaban J connectivity index is 1.38. The summed E-state index contributed by atoms with van der Waals surface area (Å²) < 4.78 is 44.6. The van der Waals surface area contributed by atoms with Crippen LogP contribution in [0.2, 0.25) is 0 Å². The number of benzene rings is 1. The van der Waals surface area contributed by atoms with Crippen LogP contribution in [0.15, 0.2) is 41.3 Å². The van der Waals surface area contributed by atoms with Gasteiger partial charge in [0.1, 0.15) is 11.2 Å². The van der Waals surface area contributed by atoms with Crippen LogP contribution in [0.1, 0.15) is 28.0 Å². The number of nitrogens with one attached hydrogen (secondary N) is 2. The largest absolute Gasteiger partial charge is 0.354 e. The van der Waals surface area contributed by atoms with E-state index in [4.69, 9.17) is 0 Å². The number of nitrogens with zero attached hydrogens (tertiary/aromatic N) is 4. The summed E-state index contributed by atoms with van der Waals surface area (Å²) in [5, 5.41) is 6.24. The van der Waals surface area contributed by atoms with Gasteiger partial charge >= 0.3 is 0 Å². The van der Waals surface area contributed by atoms with Gasteiger partial charge in [-0.1, -0.05) is 12.1 Å². The molecule has 5 rings (SSSR count).